The highest BCUT2D eigenvalue weighted by molar-refractivity contribution is 5.73. The summed E-state index contributed by atoms with van der Waals surface area (Å²) < 4.78 is 16.6. The van der Waals surface area contributed by atoms with E-state index >= 15 is 0 Å². The number of likely N-dealkylation sites (N-methyl/N-ethyl adjacent to an activating group) is 1. The summed E-state index contributed by atoms with van der Waals surface area (Å²) >= 11 is 0. The van der Waals surface area contributed by atoms with Crippen LogP contribution in [0.25, 0.3) is 0 Å². The zero-order valence-electron chi connectivity index (χ0n) is 16.9. The van der Waals surface area contributed by atoms with Crippen LogP contribution in [0.5, 0.6) is 11.5 Å². The van der Waals surface area contributed by atoms with Crippen molar-refractivity contribution in [3.05, 3.63) is 23.3 Å². The topological polar surface area (TPSA) is 72.4 Å². The number of methoxy groups -OCH3 is 3. The highest BCUT2D eigenvalue weighted by Crippen LogP contribution is 2.39. The minimum Gasteiger partial charge on any atom is -0.497 e. The average molecular weight is 377 g/mol. The lowest BCUT2D eigenvalue weighted by Gasteiger charge is -2.39. The fourth-order valence-corrected chi connectivity index (χ4v) is 3.82. The molecule has 0 saturated heterocycles. The Bertz CT molecular complexity index is 646. The molecule has 1 aliphatic heterocycles. The Morgan fingerprint density at radius 2 is 2.15 bits per heavy atom. The largest absolute Gasteiger partial charge is 0.497 e. The molecule has 2 rings (SSSR count). The lowest BCUT2D eigenvalue weighted by Crippen LogP contribution is -2.48. The van der Waals surface area contributed by atoms with E-state index in [1.165, 1.54) is 5.56 Å². The Balaban J connectivity index is 2.46. The molecule has 0 saturated carbocycles. The maximum absolute atomic E-state index is 10.8. The molecule has 0 bridgehead atoms. The van der Waals surface area contributed by atoms with E-state index in [0.29, 0.717) is 12.4 Å². The summed E-state index contributed by atoms with van der Waals surface area (Å²) in [6.07, 6.45) is 4.03. The molecule has 1 aromatic rings. The van der Waals surface area contributed by atoms with Gasteiger partial charge in [-0.2, -0.15) is 0 Å². The Morgan fingerprint density at radius 3 is 2.74 bits per heavy atom. The molecule has 0 spiro atoms. The number of carbonyl (C=O) groups excluding carboxylic acids is 1. The monoisotopic (exact) mass is 377 g/mol. The first-order valence-electron chi connectivity index (χ1n) is 9.26. The predicted molar refractivity (Wildman–Crippen MR) is 106 cm³/mol. The average Bonchev–Trinajstić information content (AvgIpc) is 2.70. The third-order valence-corrected chi connectivity index (χ3v) is 5.11. The first-order chi connectivity index (χ1) is 13.1. The fourth-order valence-electron chi connectivity index (χ4n) is 3.82. The molecule has 2 unspecified atom stereocenters. The summed E-state index contributed by atoms with van der Waals surface area (Å²) in [5.41, 5.74) is 2.36. The van der Waals surface area contributed by atoms with Crippen LogP contribution in [0.2, 0.25) is 0 Å². The van der Waals surface area contributed by atoms with Crippen molar-refractivity contribution in [3.63, 3.8) is 0 Å². The number of nitrogens with zero attached hydrogens (tertiary/aromatic N) is 2. The lowest BCUT2D eigenvalue weighted by molar-refractivity contribution is -0.108. The second-order valence-corrected chi connectivity index (χ2v) is 6.57. The molecular weight excluding hydrogens is 346 g/mol. The summed E-state index contributed by atoms with van der Waals surface area (Å²) in [5.74, 6) is 1.60. The summed E-state index contributed by atoms with van der Waals surface area (Å²) in [7, 11) is 8.65. The van der Waals surface area contributed by atoms with E-state index in [2.05, 4.69) is 16.4 Å². The minimum absolute atomic E-state index is 0.0261. The van der Waals surface area contributed by atoms with Gasteiger partial charge in [0.25, 0.3) is 6.02 Å². The van der Waals surface area contributed by atoms with E-state index in [4.69, 9.17) is 14.2 Å². The van der Waals surface area contributed by atoms with Crippen LogP contribution >= 0.6 is 0 Å². The van der Waals surface area contributed by atoms with Crippen molar-refractivity contribution in [2.75, 3.05) is 42.0 Å². The quantitative estimate of drug-likeness (QED) is 0.324. The Hall–Kier alpha value is -2.28. The zero-order chi connectivity index (χ0) is 19.8. The minimum atomic E-state index is 0.0261. The normalized spacial score (nSPS) is 17.7. The van der Waals surface area contributed by atoms with Gasteiger partial charge in [-0.3, -0.25) is 0 Å². The van der Waals surface area contributed by atoms with Gasteiger partial charge in [-0.25, -0.2) is 4.99 Å². The van der Waals surface area contributed by atoms with Gasteiger partial charge in [0.15, 0.2) is 0 Å². The van der Waals surface area contributed by atoms with Gasteiger partial charge < -0.3 is 29.2 Å². The molecule has 0 amide bonds. The summed E-state index contributed by atoms with van der Waals surface area (Å²) in [6.45, 7) is 0.859. The van der Waals surface area contributed by atoms with Crippen LogP contribution in [0.1, 0.15) is 36.4 Å². The maximum Gasteiger partial charge on any atom is 0.286 e. The molecule has 0 fully saturated rings. The number of nitrogens with one attached hydrogen (secondary N) is 1. The number of amidine groups is 1. The van der Waals surface area contributed by atoms with Crippen molar-refractivity contribution in [1.82, 2.24) is 10.2 Å². The summed E-state index contributed by atoms with van der Waals surface area (Å²) in [6, 6.07) is 4.65. The van der Waals surface area contributed by atoms with Gasteiger partial charge in [0, 0.05) is 32.1 Å². The molecule has 1 aromatic carbocycles. The number of ether oxygens (including phenoxy) is 3. The highest BCUT2D eigenvalue weighted by atomic mass is 16.5. The third kappa shape index (κ3) is 4.71. The van der Waals surface area contributed by atoms with Crippen molar-refractivity contribution in [2.24, 2.45) is 4.99 Å². The van der Waals surface area contributed by atoms with Crippen molar-refractivity contribution in [2.45, 2.75) is 37.8 Å². The van der Waals surface area contributed by atoms with Gasteiger partial charge >= 0.3 is 0 Å². The van der Waals surface area contributed by atoms with Crippen molar-refractivity contribution < 1.29 is 19.0 Å². The van der Waals surface area contributed by atoms with Crippen LogP contribution in [0.3, 0.4) is 0 Å². The van der Waals surface area contributed by atoms with Gasteiger partial charge in [0.2, 0.25) is 0 Å². The number of rotatable bonds is 8. The Morgan fingerprint density at radius 1 is 1.37 bits per heavy atom. The Kier molecular flexibility index (Phi) is 7.91. The predicted octanol–water partition coefficient (Wildman–Crippen LogP) is 2.19. The molecule has 1 heterocycles. The van der Waals surface area contributed by atoms with Crippen molar-refractivity contribution in [1.29, 1.82) is 0 Å². The number of hydrogen-bond acceptors (Lipinski definition) is 6. The third-order valence-electron chi connectivity index (χ3n) is 5.11. The molecule has 7 nitrogen and oxygen atoms in total. The van der Waals surface area contributed by atoms with Crippen LogP contribution in [-0.2, 0) is 16.0 Å². The molecule has 0 radical (unpaired) electrons. The molecular formula is C20H31N3O4. The highest BCUT2D eigenvalue weighted by Gasteiger charge is 2.34. The van der Waals surface area contributed by atoms with E-state index in [-0.39, 0.29) is 12.1 Å². The number of unbranched alkanes of at least 4 members (excludes halogenated alkanes) is 1. The number of fused-ring (bicyclic) bond motifs is 1. The van der Waals surface area contributed by atoms with Gasteiger partial charge in [0.05, 0.1) is 33.4 Å². The van der Waals surface area contributed by atoms with Crippen molar-refractivity contribution >= 4 is 12.3 Å². The summed E-state index contributed by atoms with van der Waals surface area (Å²) in [5, 5.41) is 3.64. The zero-order valence-corrected chi connectivity index (χ0v) is 16.9. The molecule has 27 heavy (non-hydrogen) atoms. The van der Waals surface area contributed by atoms with E-state index in [0.717, 1.165) is 49.2 Å². The van der Waals surface area contributed by atoms with Crippen molar-refractivity contribution in [3.8, 4) is 11.5 Å². The van der Waals surface area contributed by atoms with Gasteiger partial charge in [-0.15, -0.1) is 0 Å². The molecule has 0 aliphatic carbocycles. The lowest BCUT2D eigenvalue weighted by atomic mass is 9.86. The number of hydrogen-bond donors (Lipinski definition) is 1. The SMILES string of the molecule is CN=C(OC)N(C)C(CCCC=O)C1NCCc2cc(OC)cc(OC)c21. The molecule has 0 aromatic heterocycles. The number of aldehydes is 1. The van der Waals surface area contributed by atoms with Crippen LogP contribution in [0.15, 0.2) is 17.1 Å². The van der Waals surface area contributed by atoms with E-state index < -0.39 is 0 Å². The first-order valence-corrected chi connectivity index (χ1v) is 9.26. The van der Waals surface area contributed by atoms with Gasteiger partial charge in [-0.05, 0) is 37.4 Å². The van der Waals surface area contributed by atoms with E-state index in [1.807, 2.05) is 18.0 Å². The van der Waals surface area contributed by atoms with Gasteiger partial charge in [-0.1, -0.05) is 0 Å². The van der Waals surface area contributed by atoms with E-state index in [9.17, 15) is 4.79 Å². The second kappa shape index (κ2) is 10.2. The maximum atomic E-state index is 10.8. The Labute approximate surface area is 161 Å². The van der Waals surface area contributed by atoms with Crippen LogP contribution in [0, 0.1) is 0 Å². The number of benzene rings is 1. The standard InChI is InChI=1S/C20H31N3O4/c1-21-20(27-5)23(2)16(8-6-7-11-24)19-18-14(9-10-22-19)12-15(25-3)13-17(18)26-4/h11-13,16,19,22H,6-10H2,1-5H3. The number of aliphatic imine (C=N–C) groups is 1. The molecule has 7 heteroatoms. The van der Waals surface area contributed by atoms with Gasteiger partial charge in [0.1, 0.15) is 17.8 Å². The smallest absolute Gasteiger partial charge is 0.286 e. The molecule has 1 N–H and O–H groups in total. The fraction of sp³-hybridized carbons (Fsp3) is 0.600. The second-order valence-electron chi connectivity index (χ2n) is 6.57. The van der Waals surface area contributed by atoms with E-state index in [1.54, 1.807) is 28.4 Å². The van der Waals surface area contributed by atoms with Crippen LogP contribution in [0.4, 0.5) is 0 Å². The van der Waals surface area contributed by atoms with Crippen LogP contribution in [-0.4, -0.2) is 65.2 Å². The molecule has 150 valence electrons. The molecule has 2 atom stereocenters. The number of carbonyl (C=O) groups is 1. The first kappa shape index (κ1) is 21.0. The molecule has 1 aliphatic rings. The summed E-state index contributed by atoms with van der Waals surface area (Å²) in [4.78, 5) is 17.1. The van der Waals surface area contributed by atoms with Crippen LogP contribution < -0.4 is 14.8 Å².